The summed E-state index contributed by atoms with van der Waals surface area (Å²) in [5, 5.41) is 7.65. The third-order valence-electron chi connectivity index (χ3n) is 2.79. The van der Waals surface area contributed by atoms with Gasteiger partial charge in [0.25, 0.3) is 10.0 Å². The number of hydrogen-bond acceptors (Lipinski definition) is 7. The lowest BCUT2D eigenvalue weighted by molar-refractivity contribution is 0.553. The topological polar surface area (TPSA) is 98.0 Å². The Labute approximate surface area is 115 Å². The highest BCUT2D eigenvalue weighted by atomic mass is 32.2. The highest BCUT2D eigenvalue weighted by molar-refractivity contribution is 8.00. The maximum absolute atomic E-state index is 12.1. The van der Waals surface area contributed by atoms with Crippen molar-refractivity contribution in [1.82, 2.24) is 14.9 Å². The second-order valence-corrected chi connectivity index (χ2v) is 8.47. The van der Waals surface area contributed by atoms with Gasteiger partial charge in [-0.05, 0) is 18.6 Å². The lowest BCUT2D eigenvalue weighted by Crippen LogP contribution is -2.38. The normalized spacial score (nSPS) is 24.5. The number of aromatic nitrogens is 2. The number of nitrogen functional groups attached to an aromatic ring is 1. The molecule has 9 heteroatoms. The minimum atomic E-state index is -3.57. The van der Waals surface area contributed by atoms with Gasteiger partial charge in [-0.1, -0.05) is 24.7 Å². The molecular formula is C9H16N4O2S3. The molecule has 0 spiro atoms. The summed E-state index contributed by atoms with van der Waals surface area (Å²) in [5.41, 5.74) is 5.41. The van der Waals surface area contributed by atoms with E-state index in [-0.39, 0.29) is 15.5 Å². The average molecular weight is 308 g/mol. The monoisotopic (exact) mass is 308 g/mol. The maximum atomic E-state index is 12.1. The Morgan fingerprint density at radius 3 is 2.89 bits per heavy atom. The molecule has 0 aliphatic heterocycles. The Kier molecular flexibility index (Phi) is 4.46. The Morgan fingerprint density at radius 1 is 1.50 bits per heavy atom. The van der Waals surface area contributed by atoms with Crippen LogP contribution >= 0.6 is 23.1 Å². The Balaban J connectivity index is 2.08. The molecule has 2 atom stereocenters. The van der Waals surface area contributed by atoms with Gasteiger partial charge in [0.1, 0.15) is 0 Å². The first-order chi connectivity index (χ1) is 8.53. The minimum absolute atomic E-state index is 0.00919. The summed E-state index contributed by atoms with van der Waals surface area (Å²) in [7, 11) is -3.57. The predicted octanol–water partition coefficient (Wildman–Crippen LogP) is 1.07. The fraction of sp³-hybridized carbons (Fsp3) is 0.778. The van der Waals surface area contributed by atoms with Gasteiger partial charge in [-0.15, -0.1) is 10.2 Å². The molecule has 0 amide bonds. The van der Waals surface area contributed by atoms with E-state index in [1.165, 1.54) is 0 Å². The molecule has 1 heterocycles. The van der Waals surface area contributed by atoms with Crippen LogP contribution in [0.4, 0.5) is 5.13 Å². The van der Waals surface area contributed by atoms with Gasteiger partial charge in [0.15, 0.2) is 0 Å². The molecule has 1 aromatic rings. The van der Waals surface area contributed by atoms with E-state index in [9.17, 15) is 8.42 Å². The zero-order valence-corrected chi connectivity index (χ0v) is 12.4. The van der Waals surface area contributed by atoms with E-state index in [2.05, 4.69) is 21.8 Å². The predicted molar refractivity (Wildman–Crippen MR) is 74.2 cm³/mol. The molecule has 1 fully saturated rings. The van der Waals surface area contributed by atoms with Gasteiger partial charge in [-0.2, -0.15) is 11.8 Å². The zero-order chi connectivity index (χ0) is 13.2. The second kappa shape index (κ2) is 5.72. The summed E-state index contributed by atoms with van der Waals surface area (Å²) in [6.07, 6.45) is 3.00. The lowest BCUT2D eigenvalue weighted by atomic mass is 10.3. The Hall–Kier alpha value is -0.380. The van der Waals surface area contributed by atoms with E-state index in [1.807, 2.05) is 0 Å². The number of nitrogens with two attached hydrogens (primary N) is 1. The third kappa shape index (κ3) is 3.14. The van der Waals surface area contributed by atoms with E-state index < -0.39 is 10.0 Å². The van der Waals surface area contributed by atoms with Gasteiger partial charge in [0.05, 0.1) is 0 Å². The Morgan fingerprint density at radius 2 is 2.28 bits per heavy atom. The molecule has 0 aromatic carbocycles. The summed E-state index contributed by atoms with van der Waals surface area (Å²) in [6, 6.07) is -0.00919. The molecule has 1 aromatic heterocycles. The molecule has 102 valence electrons. The van der Waals surface area contributed by atoms with E-state index in [4.69, 9.17) is 5.73 Å². The molecule has 1 aliphatic carbocycles. The van der Waals surface area contributed by atoms with Crippen molar-refractivity contribution in [2.75, 3.05) is 11.5 Å². The lowest BCUT2D eigenvalue weighted by Gasteiger charge is -2.18. The molecular weight excluding hydrogens is 292 g/mol. The molecule has 1 saturated carbocycles. The largest absolute Gasteiger partial charge is 0.374 e. The number of nitrogens with zero attached hydrogens (tertiary/aromatic N) is 2. The van der Waals surface area contributed by atoms with Gasteiger partial charge in [0, 0.05) is 11.3 Å². The molecule has 3 N–H and O–H groups in total. The van der Waals surface area contributed by atoms with Gasteiger partial charge >= 0.3 is 0 Å². The number of anilines is 1. The van der Waals surface area contributed by atoms with Crippen molar-refractivity contribution in [3.05, 3.63) is 0 Å². The second-order valence-electron chi connectivity index (χ2n) is 4.06. The molecule has 2 unspecified atom stereocenters. The molecule has 18 heavy (non-hydrogen) atoms. The average Bonchev–Trinajstić information content (AvgIpc) is 2.89. The first-order valence-corrected chi connectivity index (χ1v) is 9.10. The number of sulfonamides is 1. The van der Waals surface area contributed by atoms with Gasteiger partial charge < -0.3 is 5.73 Å². The minimum Gasteiger partial charge on any atom is -0.374 e. The summed E-state index contributed by atoms with van der Waals surface area (Å²) < 4.78 is 26.8. The van der Waals surface area contributed by atoms with Crippen LogP contribution in [0.2, 0.25) is 0 Å². The van der Waals surface area contributed by atoms with Crippen LogP contribution in [-0.2, 0) is 10.0 Å². The molecule has 0 saturated heterocycles. The van der Waals surface area contributed by atoms with Gasteiger partial charge in [-0.3, -0.25) is 0 Å². The first kappa shape index (κ1) is 14.0. The Bertz CT molecular complexity index is 502. The summed E-state index contributed by atoms with van der Waals surface area (Å²) in [4.78, 5) is 0. The van der Waals surface area contributed by atoms with Crippen LogP contribution in [0.5, 0.6) is 0 Å². The first-order valence-electron chi connectivity index (χ1n) is 5.76. The number of thioether (sulfide) groups is 1. The van der Waals surface area contributed by atoms with Crippen LogP contribution in [0.3, 0.4) is 0 Å². The van der Waals surface area contributed by atoms with Crippen molar-refractivity contribution in [2.45, 2.75) is 41.8 Å². The van der Waals surface area contributed by atoms with Crippen LogP contribution in [0, 0.1) is 0 Å². The van der Waals surface area contributed by atoms with E-state index in [1.54, 1.807) is 11.8 Å². The van der Waals surface area contributed by atoms with Gasteiger partial charge in [-0.25, -0.2) is 13.1 Å². The summed E-state index contributed by atoms with van der Waals surface area (Å²) in [5.74, 6) is 0.995. The van der Waals surface area contributed by atoms with Crippen molar-refractivity contribution in [3.63, 3.8) is 0 Å². The van der Waals surface area contributed by atoms with E-state index >= 15 is 0 Å². The summed E-state index contributed by atoms with van der Waals surface area (Å²) >= 11 is 2.69. The van der Waals surface area contributed by atoms with E-state index in [0.717, 1.165) is 36.4 Å². The SMILES string of the molecule is CCSC1CCCC1NS(=O)(=O)c1nnc(N)s1. The molecule has 1 aliphatic rings. The van der Waals surface area contributed by atoms with Crippen molar-refractivity contribution >= 4 is 38.3 Å². The fourth-order valence-electron chi connectivity index (χ4n) is 2.05. The van der Waals surface area contributed by atoms with Crippen LogP contribution < -0.4 is 10.5 Å². The van der Waals surface area contributed by atoms with Crippen LogP contribution in [0.1, 0.15) is 26.2 Å². The standard InChI is InChI=1S/C9H16N4O2S3/c1-2-16-7-5-3-4-6(7)13-18(14,15)9-12-11-8(10)17-9/h6-7,13H,2-5H2,1H3,(H2,10,11). The number of nitrogens with one attached hydrogen (secondary N) is 1. The van der Waals surface area contributed by atoms with Crippen molar-refractivity contribution in [3.8, 4) is 0 Å². The van der Waals surface area contributed by atoms with E-state index in [0.29, 0.717) is 5.25 Å². The van der Waals surface area contributed by atoms with Crippen LogP contribution in [0.15, 0.2) is 4.34 Å². The number of hydrogen-bond donors (Lipinski definition) is 2. The summed E-state index contributed by atoms with van der Waals surface area (Å²) in [6.45, 7) is 2.08. The highest BCUT2D eigenvalue weighted by Gasteiger charge is 2.32. The maximum Gasteiger partial charge on any atom is 0.270 e. The quantitative estimate of drug-likeness (QED) is 0.844. The zero-order valence-electron chi connectivity index (χ0n) is 10.00. The van der Waals surface area contributed by atoms with Gasteiger partial charge in [0.2, 0.25) is 9.47 Å². The molecule has 6 nitrogen and oxygen atoms in total. The third-order valence-corrected chi connectivity index (χ3v) is 6.73. The van der Waals surface area contributed by atoms with Crippen molar-refractivity contribution in [1.29, 1.82) is 0 Å². The highest BCUT2D eigenvalue weighted by Crippen LogP contribution is 2.31. The van der Waals surface area contributed by atoms with Crippen LogP contribution in [0.25, 0.3) is 0 Å². The molecule has 0 radical (unpaired) electrons. The van der Waals surface area contributed by atoms with Crippen LogP contribution in [-0.4, -0.2) is 35.7 Å². The fourth-order valence-corrected chi connectivity index (χ4v) is 5.45. The molecule has 0 bridgehead atoms. The van der Waals surface area contributed by atoms with Crippen molar-refractivity contribution in [2.24, 2.45) is 0 Å². The smallest absolute Gasteiger partial charge is 0.270 e. The molecule has 2 rings (SSSR count). The van der Waals surface area contributed by atoms with Crippen molar-refractivity contribution < 1.29 is 8.42 Å². The number of rotatable bonds is 5.